The van der Waals surface area contributed by atoms with Gasteiger partial charge in [-0.05, 0) is 48.4 Å². The zero-order chi connectivity index (χ0) is 22.5. The molecule has 0 aliphatic heterocycles. The number of hydrogen-bond acceptors (Lipinski definition) is 1. The average Bonchev–Trinajstić information content (AvgIpc) is 2.82. The molecule has 0 atom stereocenters. The Morgan fingerprint density at radius 1 is 0.719 bits per heavy atom. The monoisotopic (exact) mass is 434 g/mol. The second-order valence-corrected chi connectivity index (χ2v) is 9.11. The first-order chi connectivity index (χ1) is 15.5. The van der Waals surface area contributed by atoms with Crippen molar-refractivity contribution in [3.05, 3.63) is 77.9 Å². The molecule has 0 radical (unpaired) electrons. The highest BCUT2D eigenvalue weighted by molar-refractivity contribution is 5.72. The molecule has 3 heteroatoms. The van der Waals surface area contributed by atoms with Gasteiger partial charge in [-0.15, -0.1) is 0 Å². The predicted octanol–water partition coefficient (Wildman–Crippen LogP) is 8.59. The van der Waals surface area contributed by atoms with Gasteiger partial charge in [-0.1, -0.05) is 93.1 Å². The Kier molecular flexibility index (Phi) is 7.24. The van der Waals surface area contributed by atoms with Crippen molar-refractivity contribution >= 4 is 0 Å². The lowest BCUT2D eigenvalue weighted by atomic mass is 9.80. The van der Waals surface area contributed by atoms with Crippen LogP contribution in [0.5, 0.6) is 5.75 Å². The van der Waals surface area contributed by atoms with Crippen LogP contribution in [0.2, 0.25) is 0 Å². The Morgan fingerprint density at radius 2 is 1.22 bits per heavy atom. The molecular weight excluding hydrogens is 402 g/mol. The number of halogens is 2. The quantitative estimate of drug-likeness (QED) is 0.362. The summed E-state index contributed by atoms with van der Waals surface area (Å²) in [5.41, 5.74) is 2.93. The van der Waals surface area contributed by atoms with E-state index in [1.807, 2.05) is 43.3 Å². The molecule has 1 aliphatic carbocycles. The summed E-state index contributed by atoms with van der Waals surface area (Å²) in [5.74, 6) is 0.814. The molecular formula is C29H32F2O. The molecule has 3 aromatic rings. The van der Waals surface area contributed by atoms with Gasteiger partial charge in [0.15, 0.2) is 11.6 Å². The minimum Gasteiger partial charge on any atom is -0.494 e. The van der Waals surface area contributed by atoms with E-state index in [9.17, 15) is 8.78 Å². The molecule has 0 heterocycles. The lowest BCUT2D eigenvalue weighted by molar-refractivity contribution is 0.215. The van der Waals surface area contributed by atoms with Crippen molar-refractivity contribution in [1.29, 1.82) is 0 Å². The topological polar surface area (TPSA) is 9.23 Å². The van der Waals surface area contributed by atoms with Crippen LogP contribution in [0.15, 0.2) is 60.7 Å². The van der Waals surface area contributed by atoms with Crippen molar-refractivity contribution in [2.45, 2.75) is 52.4 Å². The van der Waals surface area contributed by atoms with Crippen LogP contribution >= 0.6 is 0 Å². The van der Waals surface area contributed by atoms with Gasteiger partial charge in [0, 0.05) is 11.1 Å². The summed E-state index contributed by atoms with van der Waals surface area (Å²) in [4.78, 5) is 0. The summed E-state index contributed by atoms with van der Waals surface area (Å²) in [6, 6.07) is 18.0. The molecule has 0 bridgehead atoms. The molecule has 0 amide bonds. The highest BCUT2D eigenvalue weighted by atomic mass is 19.2. The second-order valence-electron chi connectivity index (χ2n) is 9.11. The van der Waals surface area contributed by atoms with Crippen molar-refractivity contribution in [1.82, 2.24) is 0 Å². The van der Waals surface area contributed by atoms with Gasteiger partial charge >= 0.3 is 0 Å². The van der Waals surface area contributed by atoms with E-state index < -0.39 is 11.6 Å². The maximum atomic E-state index is 14.9. The smallest absolute Gasteiger partial charge is 0.167 e. The average molecular weight is 435 g/mol. The normalized spacial score (nSPS) is 18.5. The van der Waals surface area contributed by atoms with Crippen molar-refractivity contribution in [2.24, 2.45) is 11.8 Å². The van der Waals surface area contributed by atoms with E-state index >= 15 is 0 Å². The lowest BCUT2D eigenvalue weighted by Gasteiger charge is -2.27. The minimum atomic E-state index is -0.820. The van der Waals surface area contributed by atoms with Crippen LogP contribution in [0.4, 0.5) is 8.78 Å². The Balaban J connectivity index is 1.38. The van der Waals surface area contributed by atoms with E-state index in [1.54, 1.807) is 24.3 Å². The van der Waals surface area contributed by atoms with E-state index in [4.69, 9.17) is 4.74 Å². The molecule has 4 rings (SSSR count). The fourth-order valence-electron chi connectivity index (χ4n) is 4.73. The van der Waals surface area contributed by atoms with Crippen LogP contribution in [0.25, 0.3) is 22.3 Å². The third-order valence-corrected chi connectivity index (χ3v) is 6.95. The molecule has 1 aliphatic rings. The molecule has 3 aromatic carbocycles. The largest absolute Gasteiger partial charge is 0.494 e. The molecule has 168 valence electrons. The summed E-state index contributed by atoms with van der Waals surface area (Å²) < 4.78 is 35.6. The van der Waals surface area contributed by atoms with Gasteiger partial charge in [0.2, 0.25) is 0 Å². The number of hydrogen-bond donors (Lipinski definition) is 0. The number of benzene rings is 3. The molecule has 0 spiro atoms. The van der Waals surface area contributed by atoms with E-state index in [1.165, 1.54) is 32.1 Å². The standard InChI is InChI=1S/C29H32F2O/c1-3-21-6-8-22(9-7-21)18-19-32-25-14-12-24(13-15-25)27-17-16-26(28(30)29(27)31)23-10-4-20(2)5-11-23/h4-5,10-17,21-22H,3,6-9,18-19H2,1-2H3. The maximum Gasteiger partial charge on any atom is 0.167 e. The Hall–Kier alpha value is -2.68. The van der Waals surface area contributed by atoms with Gasteiger partial charge in [-0.3, -0.25) is 0 Å². The van der Waals surface area contributed by atoms with E-state index in [2.05, 4.69) is 6.92 Å². The van der Waals surface area contributed by atoms with Crippen molar-refractivity contribution in [3.8, 4) is 28.0 Å². The van der Waals surface area contributed by atoms with Crippen LogP contribution in [0.1, 0.15) is 51.0 Å². The summed E-state index contributed by atoms with van der Waals surface area (Å²) >= 11 is 0. The third kappa shape index (κ3) is 5.20. The molecule has 0 saturated heterocycles. The van der Waals surface area contributed by atoms with Gasteiger partial charge in [-0.2, -0.15) is 0 Å². The summed E-state index contributed by atoms with van der Waals surface area (Å²) in [6.07, 6.45) is 7.70. The summed E-state index contributed by atoms with van der Waals surface area (Å²) in [7, 11) is 0. The Bertz CT molecular complexity index is 1020. The Morgan fingerprint density at radius 3 is 1.75 bits per heavy atom. The Labute approximate surface area is 190 Å². The van der Waals surface area contributed by atoms with Gasteiger partial charge in [-0.25, -0.2) is 8.78 Å². The van der Waals surface area contributed by atoms with E-state index in [-0.39, 0.29) is 11.1 Å². The zero-order valence-electron chi connectivity index (χ0n) is 19.0. The summed E-state index contributed by atoms with van der Waals surface area (Å²) in [5, 5.41) is 0. The van der Waals surface area contributed by atoms with Gasteiger partial charge in [0.25, 0.3) is 0 Å². The maximum absolute atomic E-state index is 14.9. The molecule has 1 fully saturated rings. The second kappa shape index (κ2) is 10.3. The number of rotatable bonds is 7. The summed E-state index contributed by atoms with van der Waals surface area (Å²) in [6.45, 7) is 4.96. The van der Waals surface area contributed by atoms with Crippen LogP contribution in [-0.4, -0.2) is 6.61 Å². The fourth-order valence-corrected chi connectivity index (χ4v) is 4.73. The van der Waals surface area contributed by atoms with Crippen LogP contribution in [-0.2, 0) is 0 Å². The highest BCUT2D eigenvalue weighted by Crippen LogP contribution is 2.34. The minimum absolute atomic E-state index is 0.262. The van der Waals surface area contributed by atoms with Crippen LogP contribution < -0.4 is 4.74 Å². The van der Waals surface area contributed by atoms with Gasteiger partial charge in [0.05, 0.1) is 6.61 Å². The zero-order valence-corrected chi connectivity index (χ0v) is 19.0. The molecule has 0 N–H and O–H groups in total. The third-order valence-electron chi connectivity index (χ3n) is 6.95. The predicted molar refractivity (Wildman–Crippen MR) is 128 cm³/mol. The fraction of sp³-hybridized carbons (Fsp3) is 0.379. The molecule has 32 heavy (non-hydrogen) atoms. The first-order valence-corrected chi connectivity index (χ1v) is 11.8. The first-order valence-electron chi connectivity index (χ1n) is 11.8. The highest BCUT2D eigenvalue weighted by Gasteiger charge is 2.20. The van der Waals surface area contributed by atoms with Crippen molar-refractivity contribution < 1.29 is 13.5 Å². The SMILES string of the molecule is CCC1CCC(CCOc2ccc(-c3ccc(-c4ccc(C)cc4)c(F)c3F)cc2)CC1. The molecule has 1 nitrogen and oxygen atoms in total. The lowest BCUT2D eigenvalue weighted by Crippen LogP contribution is -2.16. The van der Waals surface area contributed by atoms with Crippen LogP contribution in [0.3, 0.4) is 0 Å². The molecule has 1 saturated carbocycles. The van der Waals surface area contributed by atoms with Crippen molar-refractivity contribution in [2.75, 3.05) is 6.61 Å². The molecule has 0 aromatic heterocycles. The van der Waals surface area contributed by atoms with Gasteiger partial charge in [0.1, 0.15) is 5.75 Å². The number of aryl methyl sites for hydroxylation is 1. The molecule has 0 unspecified atom stereocenters. The van der Waals surface area contributed by atoms with Gasteiger partial charge < -0.3 is 4.74 Å². The van der Waals surface area contributed by atoms with Crippen molar-refractivity contribution in [3.63, 3.8) is 0 Å². The number of ether oxygens (including phenoxy) is 1. The first kappa shape index (κ1) is 22.5. The van der Waals surface area contributed by atoms with E-state index in [0.717, 1.165) is 29.6 Å². The van der Waals surface area contributed by atoms with E-state index in [0.29, 0.717) is 17.7 Å². The van der Waals surface area contributed by atoms with Crippen LogP contribution in [0, 0.1) is 30.4 Å².